The largest absolute Gasteiger partial charge is 0.428 e. The second kappa shape index (κ2) is 10.9. The average molecular weight is 505 g/mol. The van der Waals surface area contributed by atoms with Crippen molar-refractivity contribution in [1.29, 1.82) is 0 Å². The molecule has 0 fully saturated rings. The summed E-state index contributed by atoms with van der Waals surface area (Å²) >= 11 is 2.09. The lowest BCUT2D eigenvalue weighted by Crippen LogP contribution is -1.96. The predicted octanol–water partition coefficient (Wildman–Crippen LogP) is 7.70. The van der Waals surface area contributed by atoms with Gasteiger partial charge in [-0.05, 0) is 65.4 Å². The van der Waals surface area contributed by atoms with Crippen LogP contribution in [0.4, 0.5) is 11.4 Å². The fourth-order valence-electron chi connectivity index (χ4n) is 3.00. The van der Waals surface area contributed by atoms with Crippen LogP contribution in [0.15, 0.2) is 76.5 Å². The molecule has 11 heteroatoms. The Morgan fingerprint density at radius 2 is 1.39 bits per heavy atom. The summed E-state index contributed by atoms with van der Waals surface area (Å²) in [6, 6.07) is 17.8. The molecular weight excluding hydrogens is 483 g/mol. The van der Waals surface area contributed by atoms with Crippen LogP contribution in [-0.2, 0) is 17.4 Å². The zero-order valence-corrected chi connectivity index (χ0v) is 20.4. The van der Waals surface area contributed by atoms with Crippen molar-refractivity contribution in [2.75, 3.05) is 0 Å². The number of hydrogen-bond donors (Lipinski definition) is 0. The van der Waals surface area contributed by atoms with E-state index in [1.165, 1.54) is 30.3 Å². The number of hydrogen-bond acceptors (Lipinski definition) is 8. The lowest BCUT2D eigenvalue weighted by atomic mass is 10.1. The van der Waals surface area contributed by atoms with Crippen molar-refractivity contribution in [3.8, 4) is 5.75 Å². The highest BCUT2D eigenvalue weighted by atomic mass is 33.1. The number of nitrogens with zero attached hydrogens (tertiary/aromatic N) is 2. The van der Waals surface area contributed by atoms with Gasteiger partial charge in [0.05, 0.1) is 9.85 Å². The highest BCUT2D eigenvalue weighted by Crippen LogP contribution is 2.74. The van der Waals surface area contributed by atoms with Gasteiger partial charge in [0.1, 0.15) is 5.75 Å². The van der Waals surface area contributed by atoms with Gasteiger partial charge in [-0.1, -0.05) is 32.0 Å². The highest BCUT2D eigenvalue weighted by Gasteiger charge is 2.31. The minimum atomic E-state index is -3.55. The molecule has 0 aliphatic carbocycles. The molecule has 0 aliphatic rings. The van der Waals surface area contributed by atoms with Crippen molar-refractivity contribution in [3.63, 3.8) is 0 Å². The fraction of sp³-hybridized carbons (Fsp3) is 0.182. The molecule has 0 radical (unpaired) electrons. The summed E-state index contributed by atoms with van der Waals surface area (Å²) < 4.78 is 20.2. The summed E-state index contributed by atoms with van der Waals surface area (Å²) in [6.07, 6.45) is 0.965. The molecule has 0 saturated carbocycles. The average Bonchev–Trinajstić information content (AvgIpc) is 2.79. The normalized spacial score (nSPS) is 12.7. The van der Waals surface area contributed by atoms with Gasteiger partial charge >= 0.3 is 5.77 Å². The Hall–Kier alpha value is -2.81. The molecule has 3 aromatic carbocycles. The number of nitro groups is 2. The van der Waals surface area contributed by atoms with Crippen LogP contribution >= 0.6 is 28.5 Å². The molecule has 3 rings (SSSR count). The molecular formula is C22H21N2O6PS2. The Morgan fingerprint density at radius 3 is 1.97 bits per heavy atom. The topological polar surface area (TPSA) is 113 Å². The summed E-state index contributed by atoms with van der Waals surface area (Å²) in [5, 5.41) is 22.3. The van der Waals surface area contributed by atoms with E-state index in [-0.39, 0.29) is 11.4 Å². The van der Waals surface area contributed by atoms with E-state index in [1.54, 1.807) is 6.07 Å². The van der Waals surface area contributed by atoms with Crippen molar-refractivity contribution < 1.29 is 18.9 Å². The Bertz CT molecular complexity index is 1150. The van der Waals surface area contributed by atoms with E-state index in [1.807, 2.05) is 44.2 Å². The number of non-ortho nitro benzene ring substituents is 2. The Kier molecular flexibility index (Phi) is 8.18. The zero-order valence-electron chi connectivity index (χ0n) is 17.9. The molecule has 172 valence electrons. The van der Waals surface area contributed by atoms with E-state index in [9.17, 15) is 24.8 Å². The number of nitro benzene ring substituents is 2. The molecule has 0 amide bonds. The first kappa shape index (κ1) is 24.8. The molecule has 8 nitrogen and oxygen atoms in total. The van der Waals surface area contributed by atoms with Gasteiger partial charge in [0, 0.05) is 39.6 Å². The van der Waals surface area contributed by atoms with Gasteiger partial charge in [-0.25, -0.2) is 0 Å². The summed E-state index contributed by atoms with van der Waals surface area (Å²) in [5.74, 6) is -3.24. The first-order chi connectivity index (χ1) is 15.7. The van der Waals surface area contributed by atoms with Crippen molar-refractivity contribution in [3.05, 3.63) is 98.1 Å². The van der Waals surface area contributed by atoms with Gasteiger partial charge in [-0.2, -0.15) is 0 Å². The van der Waals surface area contributed by atoms with E-state index in [0.29, 0.717) is 34.6 Å². The molecule has 0 heterocycles. The predicted molar refractivity (Wildman–Crippen MR) is 131 cm³/mol. The molecule has 0 spiro atoms. The molecule has 1 atom stereocenters. The molecule has 0 bridgehead atoms. The third-order valence-corrected chi connectivity index (χ3v) is 11.0. The van der Waals surface area contributed by atoms with Crippen molar-refractivity contribution in [2.24, 2.45) is 0 Å². The van der Waals surface area contributed by atoms with Gasteiger partial charge in [0.25, 0.3) is 11.4 Å². The van der Waals surface area contributed by atoms with E-state index < -0.39 is 15.6 Å². The molecule has 3 aromatic rings. The standard InChI is InChI=1S/C22H21N2O6PS2/c1-3-16-14-18(23(25)26)10-12-21(16)30-31(29,32-20-8-6-5-7-9-20)33-22-13-11-19(24(27)28)15-17(22)4-2/h5-15H,3-4H2,1-2H3. The van der Waals surface area contributed by atoms with Crippen LogP contribution in [0.3, 0.4) is 0 Å². The number of benzene rings is 3. The van der Waals surface area contributed by atoms with Gasteiger partial charge in [0.2, 0.25) is 0 Å². The van der Waals surface area contributed by atoms with Gasteiger partial charge in [-0.15, -0.1) is 0 Å². The molecule has 1 unspecified atom stereocenters. The summed E-state index contributed by atoms with van der Waals surface area (Å²) in [7, 11) is 0. The van der Waals surface area contributed by atoms with E-state index in [0.717, 1.165) is 27.7 Å². The van der Waals surface area contributed by atoms with Crippen molar-refractivity contribution in [1.82, 2.24) is 0 Å². The molecule has 0 saturated heterocycles. The second-order valence-corrected chi connectivity index (χ2v) is 13.9. The smallest absolute Gasteiger partial charge is 0.369 e. The molecule has 0 N–H and O–H groups in total. The van der Waals surface area contributed by atoms with E-state index in [4.69, 9.17) is 4.52 Å². The van der Waals surface area contributed by atoms with Crippen molar-refractivity contribution in [2.45, 2.75) is 36.5 Å². The van der Waals surface area contributed by atoms with Crippen LogP contribution in [0.1, 0.15) is 25.0 Å². The quantitative estimate of drug-likeness (QED) is 0.157. The summed E-state index contributed by atoms with van der Waals surface area (Å²) in [6.45, 7) is 3.70. The van der Waals surface area contributed by atoms with Crippen LogP contribution < -0.4 is 4.52 Å². The van der Waals surface area contributed by atoms with Gasteiger partial charge in [-0.3, -0.25) is 24.8 Å². The van der Waals surface area contributed by atoms with Gasteiger partial charge in [0.15, 0.2) is 0 Å². The van der Waals surface area contributed by atoms with Crippen molar-refractivity contribution >= 4 is 39.9 Å². The zero-order chi connectivity index (χ0) is 24.0. The van der Waals surface area contributed by atoms with Crippen LogP contribution in [-0.4, -0.2) is 9.85 Å². The second-order valence-electron chi connectivity index (χ2n) is 6.84. The summed E-state index contributed by atoms with van der Waals surface area (Å²) in [5.41, 5.74) is 1.15. The van der Waals surface area contributed by atoms with E-state index in [2.05, 4.69) is 0 Å². The highest BCUT2D eigenvalue weighted by molar-refractivity contribution is 8.89. The molecule has 33 heavy (non-hydrogen) atoms. The third kappa shape index (κ3) is 6.37. The lowest BCUT2D eigenvalue weighted by Gasteiger charge is -2.20. The van der Waals surface area contributed by atoms with Gasteiger partial charge < -0.3 is 4.52 Å². The maximum Gasteiger partial charge on any atom is 0.369 e. The number of aryl methyl sites for hydroxylation is 2. The molecule has 0 aliphatic heterocycles. The summed E-state index contributed by atoms with van der Waals surface area (Å²) in [4.78, 5) is 22.7. The Labute approximate surface area is 199 Å². The van der Waals surface area contributed by atoms with Crippen LogP contribution in [0.5, 0.6) is 5.75 Å². The first-order valence-electron chi connectivity index (χ1n) is 10.0. The van der Waals surface area contributed by atoms with E-state index >= 15 is 0 Å². The minimum absolute atomic E-state index is 0.0358. The minimum Gasteiger partial charge on any atom is -0.428 e. The Morgan fingerprint density at radius 1 is 0.818 bits per heavy atom. The van der Waals surface area contributed by atoms with Crippen LogP contribution in [0.2, 0.25) is 0 Å². The monoisotopic (exact) mass is 504 g/mol. The Balaban J connectivity index is 2.02. The molecule has 0 aromatic heterocycles. The number of rotatable bonds is 10. The van der Waals surface area contributed by atoms with Crippen LogP contribution in [0, 0.1) is 20.2 Å². The van der Waals surface area contributed by atoms with Crippen LogP contribution in [0.25, 0.3) is 0 Å². The SMILES string of the molecule is CCc1cc([N+](=O)[O-])ccc1OP(=O)(Sc1ccccc1)Sc1ccc([N+](=O)[O-])cc1CC. The first-order valence-corrected chi connectivity index (χ1v) is 14.5. The fourth-order valence-corrected chi connectivity index (χ4v) is 9.80. The third-order valence-electron chi connectivity index (χ3n) is 4.65. The lowest BCUT2D eigenvalue weighted by molar-refractivity contribution is -0.385. The maximum absolute atomic E-state index is 14.1. The maximum atomic E-state index is 14.1.